The Morgan fingerprint density at radius 3 is 1.31 bits per heavy atom. The number of nitrogens with zero attached hydrogens (tertiary/aromatic N) is 9. The number of nitrogens with one attached hydrogen (secondary N) is 2. The average Bonchev–Trinajstić information content (AvgIpc) is 2.76. The SMILES string of the molecule is CN(CCn1cccn1)C(=O)c1ccc(-c2cccc(C(=O)NC3CCCCC3)c2)nc1.CN(CCn1cccn1)C(=O)c1ccc(Br)nc1.O=C(NC1CCCCC1)c1cccc(B(O)O)c1.O=C(O)c1ccc(Br)nc1.O=C(O)c1cccc(B(O)O)c1. The molecule has 0 saturated heterocycles. The maximum absolute atomic E-state index is 12.7. The van der Waals surface area contributed by atoms with Crippen LogP contribution in [0.3, 0.4) is 0 Å². The zero-order chi connectivity index (χ0) is 65.0. The molecular formula is C63H71B2Br2N11O12. The van der Waals surface area contributed by atoms with E-state index < -0.39 is 26.2 Å². The number of pyridine rings is 3. The number of benzene rings is 3. The van der Waals surface area contributed by atoms with Gasteiger partial charge in [0.2, 0.25) is 0 Å². The van der Waals surface area contributed by atoms with Crippen molar-refractivity contribution in [3.8, 4) is 11.3 Å². The molecule has 10 rings (SSSR count). The third kappa shape index (κ3) is 23.7. The molecule has 0 aliphatic heterocycles. The van der Waals surface area contributed by atoms with Crippen LogP contribution in [0.25, 0.3) is 11.3 Å². The number of carbonyl (C=O) groups is 6. The highest BCUT2D eigenvalue weighted by atomic mass is 79.9. The van der Waals surface area contributed by atoms with E-state index in [1.807, 2.05) is 54.9 Å². The topological polar surface area (TPSA) is 329 Å². The molecule has 2 aliphatic rings. The van der Waals surface area contributed by atoms with Gasteiger partial charge in [0.25, 0.3) is 23.6 Å². The number of halogens is 2. The minimum atomic E-state index is -1.62. The molecule has 90 heavy (non-hydrogen) atoms. The van der Waals surface area contributed by atoms with Crippen LogP contribution >= 0.6 is 31.9 Å². The van der Waals surface area contributed by atoms with E-state index in [4.69, 9.17) is 30.3 Å². The first kappa shape index (κ1) is 70.4. The lowest BCUT2D eigenvalue weighted by atomic mass is 9.79. The van der Waals surface area contributed by atoms with E-state index >= 15 is 0 Å². The van der Waals surface area contributed by atoms with Gasteiger partial charge in [-0.3, -0.25) is 33.5 Å². The Morgan fingerprint density at radius 2 is 0.911 bits per heavy atom. The lowest BCUT2D eigenvalue weighted by molar-refractivity contribution is 0.0686. The zero-order valence-corrected chi connectivity index (χ0v) is 52.9. The maximum Gasteiger partial charge on any atom is 0.488 e. The fourth-order valence-corrected chi connectivity index (χ4v) is 9.70. The lowest BCUT2D eigenvalue weighted by Crippen LogP contribution is -2.37. The third-order valence-corrected chi connectivity index (χ3v) is 15.2. The normalized spacial score (nSPS) is 12.7. The predicted molar refractivity (Wildman–Crippen MR) is 347 cm³/mol. The van der Waals surface area contributed by atoms with E-state index in [0.29, 0.717) is 58.5 Å². The van der Waals surface area contributed by atoms with Gasteiger partial charge in [0.05, 0.1) is 41.0 Å². The molecule has 0 atom stereocenters. The summed E-state index contributed by atoms with van der Waals surface area (Å²) in [4.78, 5) is 85.7. The molecule has 2 saturated carbocycles. The number of carboxylic acid groups (broad SMARTS) is 2. The molecule has 27 heteroatoms. The minimum absolute atomic E-state index is 0.0376. The van der Waals surface area contributed by atoms with Crippen molar-refractivity contribution in [1.82, 2.24) is 54.9 Å². The van der Waals surface area contributed by atoms with Gasteiger partial charge in [-0.2, -0.15) is 10.2 Å². The summed E-state index contributed by atoms with van der Waals surface area (Å²) < 4.78 is 4.95. The highest BCUT2D eigenvalue weighted by Crippen LogP contribution is 2.22. The molecule has 8 aromatic rings. The second kappa shape index (κ2) is 36.7. The summed E-state index contributed by atoms with van der Waals surface area (Å²) in [6.07, 6.45) is 23.0. The Hall–Kier alpha value is -8.72. The number of likely N-dealkylation sites (N-methyl/N-ethyl adjacent to an activating group) is 2. The van der Waals surface area contributed by atoms with Crippen LogP contribution in [0, 0.1) is 0 Å². The van der Waals surface area contributed by atoms with Crippen molar-refractivity contribution >= 4 is 92.6 Å². The number of aromatic nitrogens is 7. The third-order valence-electron chi connectivity index (χ3n) is 14.3. The van der Waals surface area contributed by atoms with Crippen LogP contribution in [-0.4, -0.2) is 164 Å². The minimum Gasteiger partial charge on any atom is -0.478 e. The molecule has 8 N–H and O–H groups in total. The van der Waals surface area contributed by atoms with E-state index in [-0.39, 0.29) is 52.3 Å². The second-order valence-corrected chi connectivity index (χ2v) is 22.6. The monoisotopic (exact) mass is 1350 g/mol. The summed E-state index contributed by atoms with van der Waals surface area (Å²) in [5.41, 5.74) is 4.56. The maximum atomic E-state index is 12.7. The van der Waals surface area contributed by atoms with Crippen LogP contribution in [0.1, 0.15) is 126 Å². The standard InChI is InChI=1S/C25H29N5O2.C13H18BNO3.C12H13BrN4O.C7H7BO4.C6H4BrNO2/c1-29(15-16-30-14-6-13-27-30)25(32)21-11-12-23(26-18-21)19-7-5-8-20(17-19)24(31)28-22-9-3-2-4-10-22;16-13(15-12-7-2-1-3-8-12)10-5-4-6-11(9-10)14(17)18;1-16(7-8-17-6-2-5-15-17)12(18)10-3-4-11(13)14-9-10;9-7(10)5-2-1-3-6(4-5)8(11)12;7-5-2-1-4(3-8-5)6(9)10/h5-8,11-14,17-18,22H,2-4,9-10,15-16H2,1H3,(H,28,31);4-6,9,12,17-18H,1-3,7-8H2,(H,15,16);2-6,9H,7-8H2,1H3;1-4,11-12H,(H,9,10);1-3H,(H,9,10). The molecule has 23 nitrogen and oxygen atoms in total. The molecule has 3 aromatic carbocycles. The van der Waals surface area contributed by atoms with Crippen LogP contribution < -0.4 is 21.6 Å². The smallest absolute Gasteiger partial charge is 0.478 e. The van der Waals surface area contributed by atoms with Crippen LogP contribution in [-0.2, 0) is 13.1 Å². The predicted octanol–water partition coefficient (Wildman–Crippen LogP) is 6.63. The molecule has 2 aliphatic carbocycles. The van der Waals surface area contributed by atoms with Crippen molar-refractivity contribution in [2.45, 2.75) is 89.4 Å². The van der Waals surface area contributed by atoms with Gasteiger partial charge in [0.1, 0.15) is 9.21 Å². The van der Waals surface area contributed by atoms with Gasteiger partial charge in [-0.15, -0.1) is 0 Å². The fraction of sp³-hybridized carbons (Fsp3) is 0.286. The first-order chi connectivity index (χ1) is 43.2. The summed E-state index contributed by atoms with van der Waals surface area (Å²) in [7, 11) is 0.388. The molecule has 0 unspecified atom stereocenters. The molecule has 5 aromatic heterocycles. The Labute approximate surface area is 538 Å². The van der Waals surface area contributed by atoms with E-state index in [1.54, 1.807) is 101 Å². The highest BCUT2D eigenvalue weighted by Gasteiger charge is 2.21. The molecule has 0 radical (unpaired) electrons. The number of rotatable bonds is 17. The number of carbonyl (C=O) groups excluding carboxylic acids is 4. The van der Waals surface area contributed by atoms with Gasteiger partial charge in [0, 0.05) is 99.3 Å². The van der Waals surface area contributed by atoms with E-state index in [2.05, 4.69) is 67.6 Å². The molecule has 5 heterocycles. The van der Waals surface area contributed by atoms with Crippen molar-refractivity contribution in [3.63, 3.8) is 0 Å². The first-order valence-electron chi connectivity index (χ1n) is 29.0. The van der Waals surface area contributed by atoms with Crippen molar-refractivity contribution < 1.29 is 59.1 Å². The Bertz CT molecular complexity index is 3540. The number of carboxylic acids is 2. The van der Waals surface area contributed by atoms with Crippen LogP contribution in [0.5, 0.6) is 0 Å². The molecule has 2 fully saturated rings. The van der Waals surface area contributed by atoms with Gasteiger partial charge in [0.15, 0.2) is 0 Å². The van der Waals surface area contributed by atoms with Crippen LogP contribution in [0.4, 0.5) is 0 Å². The highest BCUT2D eigenvalue weighted by molar-refractivity contribution is 9.10. The first-order valence-corrected chi connectivity index (χ1v) is 30.6. The lowest BCUT2D eigenvalue weighted by Gasteiger charge is -2.22. The molecule has 0 bridgehead atoms. The molecule has 4 amide bonds. The Kier molecular flexibility index (Phi) is 28.7. The Morgan fingerprint density at radius 1 is 0.500 bits per heavy atom. The Balaban J connectivity index is 0.000000191. The van der Waals surface area contributed by atoms with Crippen LogP contribution in [0.15, 0.2) is 174 Å². The molecular weight excluding hydrogens is 1280 g/mol. The van der Waals surface area contributed by atoms with Gasteiger partial charge in [-0.05, 0) is 153 Å². The summed E-state index contributed by atoms with van der Waals surface area (Å²) in [6, 6.07) is 33.9. The summed E-state index contributed by atoms with van der Waals surface area (Å²) in [6.45, 7) is 2.48. The number of amides is 4. The molecule has 470 valence electrons. The van der Waals surface area contributed by atoms with Gasteiger partial charge < -0.3 is 50.7 Å². The van der Waals surface area contributed by atoms with Crippen molar-refractivity contribution in [2.24, 2.45) is 0 Å². The van der Waals surface area contributed by atoms with Gasteiger partial charge >= 0.3 is 26.2 Å². The van der Waals surface area contributed by atoms with Crippen molar-refractivity contribution in [1.29, 1.82) is 0 Å². The number of hydrogen-bond donors (Lipinski definition) is 8. The number of hydrogen-bond acceptors (Lipinski definition) is 15. The number of aromatic carboxylic acids is 2. The van der Waals surface area contributed by atoms with Crippen LogP contribution in [0.2, 0.25) is 0 Å². The van der Waals surface area contributed by atoms with Crippen molar-refractivity contribution in [2.75, 3.05) is 27.2 Å². The van der Waals surface area contributed by atoms with E-state index in [9.17, 15) is 28.8 Å². The summed E-state index contributed by atoms with van der Waals surface area (Å²) in [5, 5.41) is 66.9. The quantitative estimate of drug-likeness (QED) is 0.0350. The van der Waals surface area contributed by atoms with Crippen molar-refractivity contribution in [3.05, 3.63) is 207 Å². The summed E-state index contributed by atoms with van der Waals surface area (Å²) in [5.74, 6) is -2.34. The second-order valence-electron chi connectivity index (χ2n) is 21.0. The zero-order valence-electron chi connectivity index (χ0n) is 49.7. The van der Waals surface area contributed by atoms with Gasteiger partial charge in [-0.1, -0.05) is 74.9 Å². The van der Waals surface area contributed by atoms with E-state index in [0.717, 1.165) is 41.5 Å². The average molecular weight is 1360 g/mol. The van der Waals surface area contributed by atoms with Gasteiger partial charge in [-0.25, -0.2) is 19.6 Å². The largest absolute Gasteiger partial charge is 0.488 e. The fourth-order valence-electron chi connectivity index (χ4n) is 9.23. The van der Waals surface area contributed by atoms with E-state index in [1.165, 1.54) is 81.1 Å². The molecule has 0 spiro atoms. The summed E-state index contributed by atoms with van der Waals surface area (Å²) >= 11 is 6.33.